The van der Waals surface area contributed by atoms with Gasteiger partial charge in [0, 0.05) is 19.8 Å². The molecule has 0 aromatic rings. The third-order valence-corrected chi connectivity index (χ3v) is 2.90. The van der Waals surface area contributed by atoms with E-state index in [2.05, 4.69) is 19.2 Å². The molecular formula is C12H25NO2. The fraction of sp³-hybridized carbons (Fsp3) is 1.00. The van der Waals surface area contributed by atoms with Gasteiger partial charge >= 0.3 is 0 Å². The van der Waals surface area contributed by atoms with E-state index in [9.17, 15) is 5.11 Å². The van der Waals surface area contributed by atoms with E-state index in [0.29, 0.717) is 5.92 Å². The van der Waals surface area contributed by atoms with E-state index in [0.717, 1.165) is 51.5 Å². The van der Waals surface area contributed by atoms with Crippen LogP contribution in [0.4, 0.5) is 0 Å². The first-order valence-corrected chi connectivity index (χ1v) is 6.15. The average Bonchev–Trinajstić information content (AvgIpc) is 2.18. The van der Waals surface area contributed by atoms with E-state index in [1.165, 1.54) is 0 Å². The lowest BCUT2D eigenvalue weighted by molar-refractivity contribution is 0.0645. The van der Waals surface area contributed by atoms with Crippen molar-refractivity contribution in [3.05, 3.63) is 0 Å². The van der Waals surface area contributed by atoms with E-state index in [1.807, 2.05) is 0 Å². The highest BCUT2D eigenvalue weighted by Gasteiger charge is 2.14. The summed E-state index contributed by atoms with van der Waals surface area (Å²) in [6.07, 6.45) is 3.02. The molecule has 3 nitrogen and oxygen atoms in total. The molecule has 0 aliphatic carbocycles. The number of ether oxygens (including phenoxy) is 1. The van der Waals surface area contributed by atoms with Crippen molar-refractivity contribution in [2.24, 2.45) is 11.8 Å². The number of rotatable bonds is 6. The molecule has 1 atom stereocenters. The monoisotopic (exact) mass is 215 g/mol. The lowest BCUT2D eigenvalue weighted by atomic mass is 10.00. The number of hydrogen-bond acceptors (Lipinski definition) is 3. The van der Waals surface area contributed by atoms with Crippen LogP contribution in [0.3, 0.4) is 0 Å². The molecule has 0 saturated carbocycles. The molecule has 0 bridgehead atoms. The maximum Gasteiger partial charge on any atom is 0.0667 e. The molecule has 0 aromatic heterocycles. The zero-order valence-corrected chi connectivity index (χ0v) is 10.0. The lowest BCUT2D eigenvalue weighted by Crippen LogP contribution is -2.33. The molecule has 0 aromatic carbocycles. The SMILES string of the molecule is CC(C)CC(O)CNCC1CCOCC1. The predicted octanol–water partition coefficient (Wildman–Crippen LogP) is 1.41. The Kier molecular flexibility index (Phi) is 6.22. The van der Waals surface area contributed by atoms with Gasteiger partial charge in [-0.15, -0.1) is 0 Å². The first kappa shape index (κ1) is 12.9. The second-order valence-corrected chi connectivity index (χ2v) is 5.00. The van der Waals surface area contributed by atoms with Crippen LogP contribution < -0.4 is 5.32 Å². The molecule has 1 unspecified atom stereocenters. The predicted molar refractivity (Wildman–Crippen MR) is 61.9 cm³/mol. The van der Waals surface area contributed by atoms with Crippen LogP contribution in [0.2, 0.25) is 0 Å². The van der Waals surface area contributed by atoms with Gasteiger partial charge in [-0.25, -0.2) is 0 Å². The lowest BCUT2D eigenvalue weighted by Gasteiger charge is -2.23. The maximum absolute atomic E-state index is 9.66. The minimum atomic E-state index is -0.190. The Labute approximate surface area is 93.2 Å². The van der Waals surface area contributed by atoms with Crippen LogP contribution in [0.15, 0.2) is 0 Å². The van der Waals surface area contributed by atoms with Crippen LogP contribution in [0.5, 0.6) is 0 Å². The van der Waals surface area contributed by atoms with Gasteiger partial charge in [0.25, 0.3) is 0 Å². The number of nitrogens with one attached hydrogen (secondary N) is 1. The van der Waals surface area contributed by atoms with Crippen LogP contribution in [0, 0.1) is 11.8 Å². The van der Waals surface area contributed by atoms with Gasteiger partial charge in [-0.3, -0.25) is 0 Å². The molecule has 15 heavy (non-hydrogen) atoms. The summed E-state index contributed by atoms with van der Waals surface area (Å²) in [6, 6.07) is 0. The summed E-state index contributed by atoms with van der Waals surface area (Å²) in [5.74, 6) is 1.31. The maximum atomic E-state index is 9.66. The first-order valence-electron chi connectivity index (χ1n) is 6.15. The number of aliphatic hydroxyl groups excluding tert-OH is 1. The van der Waals surface area contributed by atoms with Crippen molar-refractivity contribution in [2.45, 2.75) is 39.2 Å². The van der Waals surface area contributed by atoms with Gasteiger partial charge in [0.2, 0.25) is 0 Å². The van der Waals surface area contributed by atoms with Gasteiger partial charge in [0.1, 0.15) is 0 Å². The Hall–Kier alpha value is -0.120. The minimum absolute atomic E-state index is 0.190. The third-order valence-electron chi connectivity index (χ3n) is 2.90. The van der Waals surface area contributed by atoms with E-state index in [-0.39, 0.29) is 6.10 Å². The molecule has 1 fully saturated rings. The Balaban J connectivity index is 1.99. The molecule has 1 aliphatic heterocycles. The van der Waals surface area contributed by atoms with Gasteiger partial charge in [-0.05, 0) is 37.6 Å². The Morgan fingerprint density at radius 2 is 2.00 bits per heavy atom. The van der Waals surface area contributed by atoms with Gasteiger partial charge in [-0.1, -0.05) is 13.8 Å². The van der Waals surface area contributed by atoms with Crippen LogP contribution in [-0.2, 0) is 4.74 Å². The summed E-state index contributed by atoms with van der Waals surface area (Å²) >= 11 is 0. The standard InChI is InChI=1S/C12H25NO2/c1-10(2)7-12(14)9-13-8-11-3-5-15-6-4-11/h10-14H,3-9H2,1-2H3. The van der Waals surface area contributed by atoms with Gasteiger partial charge in [0.15, 0.2) is 0 Å². The summed E-state index contributed by atoms with van der Waals surface area (Å²) in [4.78, 5) is 0. The minimum Gasteiger partial charge on any atom is -0.392 e. The van der Waals surface area contributed by atoms with Crippen LogP contribution in [0.25, 0.3) is 0 Å². The summed E-state index contributed by atoms with van der Waals surface area (Å²) in [5, 5.41) is 13.0. The smallest absolute Gasteiger partial charge is 0.0667 e. The van der Waals surface area contributed by atoms with Gasteiger partial charge in [0.05, 0.1) is 6.10 Å². The van der Waals surface area contributed by atoms with E-state index in [1.54, 1.807) is 0 Å². The fourth-order valence-electron chi connectivity index (χ4n) is 2.03. The van der Waals surface area contributed by atoms with Crippen molar-refractivity contribution in [1.82, 2.24) is 5.32 Å². The Bertz CT molecular complexity index is 156. The van der Waals surface area contributed by atoms with Crippen molar-refractivity contribution >= 4 is 0 Å². The highest BCUT2D eigenvalue weighted by molar-refractivity contribution is 4.68. The number of hydrogen-bond donors (Lipinski definition) is 2. The molecular weight excluding hydrogens is 190 g/mol. The Morgan fingerprint density at radius 1 is 1.33 bits per heavy atom. The molecule has 1 heterocycles. The van der Waals surface area contributed by atoms with E-state index in [4.69, 9.17) is 4.74 Å². The largest absolute Gasteiger partial charge is 0.392 e. The summed E-state index contributed by atoms with van der Waals surface area (Å²) in [6.45, 7) is 7.85. The summed E-state index contributed by atoms with van der Waals surface area (Å²) < 4.78 is 5.30. The topological polar surface area (TPSA) is 41.5 Å². The highest BCUT2D eigenvalue weighted by atomic mass is 16.5. The summed E-state index contributed by atoms with van der Waals surface area (Å²) in [5.41, 5.74) is 0. The molecule has 3 heteroatoms. The van der Waals surface area contributed by atoms with Crippen molar-refractivity contribution in [2.75, 3.05) is 26.3 Å². The molecule has 90 valence electrons. The van der Waals surface area contributed by atoms with Crippen LogP contribution in [0.1, 0.15) is 33.1 Å². The first-order chi connectivity index (χ1) is 7.18. The van der Waals surface area contributed by atoms with Gasteiger partial charge < -0.3 is 15.2 Å². The molecule has 1 aliphatic rings. The normalized spacial score (nSPS) is 20.8. The Morgan fingerprint density at radius 3 is 2.60 bits per heavy atom. The molecule has 0 amide bonds. The fourth-order valence-corrected chi connectivity index (χ4v) is 2.03. The van der Waals surface area contributed by atoms with E-state index < -0.39 is 0 Å². The third kappa shape index (κ3) is 6.13. The quantitative estimate of drug-likeness (QED) is 0.704. The van der Waals surface area contributed by atoms with E-state index >= 15 is 0 Å². The van der Waals surface area contributed by atoms with Crippen molar-refractivity contribution in [3.63, 3.8) is 0 Å². The van der Waals surface area contributed by atoms with Crippen LogP contribution in [-0.4, -0.2) is 37.5 Å². The van der Waals surface area contributed by atoms with Gasteiger partial charge in [-0.2, -0.15) is 0 Å². The van der Waals surface area contributed by atoms with Crippen molar-refractivity contribution in [3.8, 4) is 0 Å². The zero-order valence-electron chi connectivity index (χ0n) is 10.0. The molecule has 0 radical (unpaired) electrons. The zero-order chi connectivity index (χ0) is 11.1. The van der Waals surface area contributed by atoms with Crippen molar-refractivity contribution in [1.29, 1.82) is 0 Å². The summed E-state index contributed by atoms with van der Waals surface area (Å²) in [7, 11) is 0. The molecule has 0 spiro atoms. The van der Waals surface area contributed by atoms with Crippen LogP contribution >= 0.6 is 0 Å². The number of aliphatic hydroxyl groups is 1. The highest BCUT2D eigenvalue weighted by Crippen LogP contribution is 2.13. The molecule has 1 rings (SSSR count). The second-order valence-electron chi connectivity index (χ2n) is 5.00. The second kappa shape index (κ2) is 7.20. The molecule has 1 saturated heterocycles. The molecule has 2 N–H and O–H groups in total. The van der Waals surface area contributed by atoms with Crippen molar-refractivity contribution < 1.29 is 9.84 Å². The average molecular weight is 215 g/mol.